The van der Waals surface area contributed by atoms with E-state index in [0.29, 0.717) is 6.04 Å². The number of carbonyl (C=O) groups is 2. The molecule has 0 bridgehead atoms. The van der Waals surface area contributed by atoms with Crippen LogP contribution in [-0.2, 0) is 11.8 Å². The molecule has 1 aliphatic carbocycles. The summed E-state index contributed by atoms with van der Waals surface area (Å²) >= 11 is 0. The van der Waals surface area contributed by atoms with Gasteiger partial charge in [0.05, 0.1) is 0 Å². The standard InChI is InChI=1S/C17H25N3O2/c1-12(2)15(21)18-14-11-17(14)6-9-20(10-7-17)16(22)13-5-4-8-19(13)3/h4-5,8,12,14H,6-7,9-11H2,1-3H3,(H,18,21)/t14-/m0/s1. The number of amides is 2. The summed E-state index contributed by atoms with van der Waals surface area (Å²) in [6, 6.07) is 4.08. The van der Waals surface area contributed by atoms with Crippen molar-refractivity contribution < 1.29 is 9.59 Å². The number of aromatic nitrogens is 1. The lowest BCUT2D eigenvalue weighted by Gasteiger charge is -2.33. The van der Waals surface area contributed by atoms with Gasteiger partial charge < -0.3 is 14.8 Å². The number of aryl methyl sites for hydroxylation is 1. The summed E-state index contributed by atoms with van der Waals surface area (Å²) in [7, 11) is 1.90. The minimum absolute atomic E-state index is 0.0386. The van der Waals surface area contributed by atoms with E-state index in [-0.39, 0.29) is 23.1 Å². The molecule has 1 atom stereocenters. The van der Waals surface area contributed by atoms with E-state index in [2.05, 4.69) is 5.32 Å². The van der Waals surface area contributed by atoms with Crippen LogP contribution in [0.1, 0.15) is 43.6 Å². The van der Waals surface area contributed by atoms with Crippen LogP contribution in [0.25, 0.3) is 0 Å². The van der Waals surface area contributed by atoms with Crippen molar-refractivity contribution >= 4 is 11.8 Å². The van der Waals surface area contributed by atoms with E-state index in [0.717, 1.165) is 38.0 Å². The van der Waals surface area contributed by atoms with Crippen molar-refractivity contribution in [2.24, 2.45) is 18.4 Å². The van der Waals surface area contributed by atoms with Crippen molar-refractivity contribution in [3.8, 4) is 0 Å². The minimum atomic E-state index is 0.0386. The molecule has 1 N–H and O–H groups in total. The van der Waals surface area contributed by atoms with Crippen LogP contribution in [0.15, 0.2) is 18.3 Å². The van der Waals surface area contributed by atoms with Crippen LogP contribution in [0.5, 0.6) is 0 Å². The van der Waals surface area contributed by atoms with Crippen LogP contribution in [0.4, 0.5) is 0 Å². The Balaban J connectivity index is 1.55. The Hall–Kier alpha value is -1.78. The van der Waals surface area contributed by atoms with Crippen LogP contribution < -0.4 is 5.32 Å². The number of nitrogens with one attached hydrogen (secondary N) is 1. The van der Waals surface area contributed by atoms with E-state index in [9.17, 15) is 9.59 Å². The van der Waals surface area contributed by atoms with Gasteiger partial charge in [-0.3, -0.25) is 9.59 Å². The Bertz CT molecular complexity index is 582. The number of rotatable bonds is 3. The maximum Gasteiger partial charge on any atom is 0.270 e. The quantitative estimate of drug-likeness (QED) is 0.925. The predicted octanol–water partition coefficient (Wildman–Crippen LogP) is 1.79. The van der Waals surface area contributed by atoms with E-state index in [4.69, 9.17) is 0 Å². The molecule has 2 heterocycles. The Labute approximate surface area is 131 Å². The Morgan fingerprint density at radius 2 is 2.00 bits per heavy atom. The number of nitrogens with zero attached hydrogens (tertiary/aromatic N) is 2. The fraction of sp³-hybridized carbons (Fsp3) is 0.647. The average Bonchev–Trinajstić information content (AvgIpc) is 2.94. The highest BCUT2D eigenvalue weighted by Gasteiger charge is 2.56. The molecular weight excluding hydrogens is 278 g/mol. The Morgan fingerprint density at radius 3 is 2.55 bits per heavy atom. The monoisotopic (exact) mass is 303 g/mol. The molecule has 1 spiro atoms. The van der Waals surface area contributed by atoms with Crippen molar-refractivity contribution in [2.75, 3.05) is 13.1 Å². The topological polar surface area (TPSA) is 54.3 Å². The summed E-state index contributed by atoms with van der Waals surface area (Å²) < 4.78 is 1.87. The van der Waals surface area contributed by atoms with E-state index < -0.39 is 0 Å². The third-order valence-corrected chi connectivity index (χ3v) is 5.24. The van der Waals surface area contributed by atoms with Gasteiger partial charge in [-0.15, -0.1) is 0 Å². The molecular formula is C17H25N3O2. The van der Waals surface area contributed by atoms with Crippen LogP contribution in [-0.4, -0.2) is 40.4 Å². The largest absolute Gasteiger partial charge is 0.353 e. The molecule has 2 fully saturated rings. The minimum Gasteiger partial charge on any atom is -0.353 e. The second-order valence-corrected chi connectivity index (χ2v) is 7.08. The third-order valence-electron chi connectivity index (χ3n) is 5.24. The first kappa shape index (κ1) is 15.1. The maximum absolute atomic E-state index is 12.5. The Morgan fingerprint density at radius 1 is 1.32 bits per heavy atom. The SMILES string of the molecule is CC(C)C(=O)N[C@H]1CC12CCN(C(=O)c1cccn1C)CC2. The van der Waals surface area contributed by atoms with Crippen molar-refractivity contribution in [3.05, 3.63) is 24.0 Å². The smallest absolute Gasteiger partial charge is 0.270 e. The summed E-state index contributed by atoms with van der Waals surface area (Å²) in [6.07, 6.45) is 4.95. The molecule has 120 valence electrons. The van der Waals surface area contributed by atoms with Crippen molar-refractivity contribution in [1.82, 2.24) is 14.8 Å². The number of hydrogen-bond acceptors (Lipinski definition) is 2. The molecule has 3 rings (SSSR count). The predicted molar refractivity (Wildman–Crippen MR) is 84.4 cm³/mol. The van der Waals surface area contributed by atoms with Gasteiger partial charge in [0.15, 0.2) is 0 Å². The number of likely N-dealkylation sites (tertiary alicyclic amines) is 1. The summed E-state index contributed by atoms with van der Waals surface area (Å²) in [5.41, 5.74) is 0.992. The van der Waals surface area contributed by atoms with Crippen LogP contribution in [0, 0.1) is 11.3 Å². The fourth-order valence-electron chi connectivity index (χ4n) is 3.44. The zero-order valence-corrected chi connectivity index (χ0v) is 13.6. The zero-order valence-electron chi connectivity index (χ0n) is 13.6. The third kappa shape index (κ3) is 2.64. The molecule has 1 aromatic rings. The highest BCUT2D eigenvalue weighted by Crippen LogP contribution is 2.54. The molecule has 1 saturated carbocycles. The molecule has 2 aliphatic rings. The summed E-state index contributed by atoms with van der Waals surface area (Å²) in [4.78, 5) is 26.2. The lowest BCUT2D eigenvalue weighted by Crippen LogP contribution is -2.42. The van der Waals surface area contributed by atoms with Crippen molar-refractivity contribution in [3.63, 3.8) is 0 Å². The molecule has 1 saturated heterocycles. The molecule has 0 radical (unpaired) electrons. The summed E-state index contributed by atoms with van der Waals surface area (Å²) in [6.45, 7) is 5.42. The zero-order chi connectivity index (χ0) is 15.9. The van der Waals surface area contributed by atoms with Gasteiger partial charge in [-0.2, -0.15) is 0 Å². The van der Waals surface area contributed by atoms with Gasteiger partial charge in [-0.05, 0) is 36.8 Å². The lowest BCUT2D eigenvalue weighted by atomic mass is 9.92. The second-order valence-electron chi connectivity index (χ2n) is 7.08. The van der Waals surface area contributed by atoms with Crippen LogP contribution in [0.2, 0.25) is 0 Å². The van der Waals surface area contributed by atoms with Gasteiger partial charge >= 0.3 is 0 Å². The molecule has 5 heteroatoms. The molecule has 1 aromatic heterocycles. The molecule has 2 amide bonds. The van der Waals surface area contributed by atoms with E-state index in [1.54, 1.807) is 0 Å². The first-order chi connectivity index (χ1) is 10.4. The number of carbonyl (C=O) groups excluding carboxylic acids is 2. The normalized spacial score (nSPS) is 22.9. The van der Waals surface area contributed by atoms with Gasteiger partial charge in [0.2, 0.25) is 5.91 Å². The van der Waals surface area contributed by atoms with Gasteiger partial charge in [-0.1, -0.05) is 13.8 Å². The van der Waals surface area contributed by atoms with Gasteiger partial charge in [0, 0.05) is 38.3 Å². The fourth-order valence-corrected chi connectivity index (χ4v) is 3.44. The molecule has 22 heavy (non-hydrogen) atoms. The Kier molecular flexibility index (Phi) is 3.75. The van der Waals surface area contributed by atoms with Crippen LogP contribution >= 0.6 is 0 Å². The molecule has 5 nitrogen and oxygen atoms in total. The molecule has 0 unspecified atom stereocenters. The summed E-state index contributed by atoms with van der Waals surface area (Å²) in [5, 5.41) is 3.15. The van der Waals surface area contributed by atoms with Gasteiger partial charge in [-0.25, -0.2) is 0 Å². The lowest BCUT2D eigenvalue weighted by molar-refractivity contribution is -0.124. The van der Waals surface area contributed by atoms with Crippen molar-refractivity contribution in [1.29, 1.82) is 0 Å². The second kappa shape index (κ2) is 5.45. The molecule has 1 aliphatic heterocycles. The first-order valence-corrected chi connectivity index (χ1v) is 8.14. The van der Waals surface area contributed by atoms with E-state index in [1.807, 2.05) is 48.7 Å². The molecule has 0 aromatic carbocycles. The first-order valence-electron chi connectivity index (χ1n) is 8.14. The highest BCUT2D eigenvalue weighted by atomic mass is 16.2. The van der Waals surface area contributed by atoms with E-state index >= 15 is 0 Å². The van der Waals surface area contributed by atoms with Crippen LogP contribution in [0.3, 0.4) is 0 Å². The average molecular weight is 303 g/mol. The van der Waals surface area contributed by atoms with Gasteiger partial charge in [0.25, 0.3) is 5.91 Å². The number of piperidine rings is 1. The number of hydrogen-bond donors (Lipinski definition) is 1. The van der Waals surface area contributed by atoms with Gasteiger partial charge in [0.1, 0.15) is 5.69 Å². The summed E-state index contributed by atoms with van der Waals surface area (Å²) in [5.74, 6) is 0.298. The van der Waals surface area contributed by atoms with Crippen molar-refractivity contribution in [2.45, 2.75) is 39.2 Å². The van der Waals surface area contributed by atoms with E-state index in [1.165, 1.54) is 0 Å². The highest BCUT2D eigenvalue weighted by molar-refractivity contribution is 5.92. The maximum atomic E-state index is 12.5.